The van der Waals surface area contributed by atoms with Gasteiger partial charge in [0.25, 0.3) is 0 Å². The number of nitrogens with zero attached hydrogens (tertiary/aromatic N) is 6. The Hall–Kier alpha value is -4.69. The Morgan fingerprint density at radius 1 is 1.10 bits per heavy atom. The molecule has 2 aromatic carbocycles. The Kier molecular flexibility index (Phi) is 10.4. The maximum atomic E-state index is 12.6. The summed E-state index contributed by atoms with van der Waals surface area (Å²) in [4.78, 5) is 32.3. The maximum Gasteiger partial charge on any atom is 0.327 e. The maximum absolute atomic E-state index is 12.6. The van der Waals surface area contributed by atoms with Crippen LogP contribution < -0.4 is 30.1 Å². The predicted molar refractivity (Wildman–Crippen MR) is 182 cm³/mol. The fourth-order valence-corrected chi connectivity index (χ4v) is 6.40. The Morgan fingerprint density at radius 3 is 2.35 bits per heavy atom. The number of ether oxygens (including phenoxy) is 3. The zero-order chi connectivity index (χ0) is 33.5. The van der Waals surface area contributed by atoms with Gasteiger partial charge < -0.3 is 34.6 Å². The van der Waals surface area contributed by atoms with Crippen molar-refractivity contribution in [2.24, 2.45) is 5.92 Å². The van der Waals surface area contributed by atoms with Crippen LogP contribution in [-0.4, -0.2) is 97.1 Å². The van der Waals surface area contributed by atoms with Gasteiger partial charge in [0.1, 0.15) is 25.0 Å². The lowest BCUT2D eigenvalue weighted by atomic mass is 9.88. The molecule has 0 radical (unpaired) electrons. The molecular weight excluding hydrogens is 614 g/mol. The SMILES string of the molecule is CCC(C)NC(=O)N(C=N)c1ccc(N2CCN(c3ccc(OCC4COC(Cn5nccn5)(C5CCNC(=O)C5)O4)cc3)CC2)cc1. The van der Waals surface area contributed by atoms with Crippen molar-refractivity contribution in [1.82, 2.24) is 25.6 Å². The highest BCUT2D eigenvalue weighted by Gasteiger charge is 2.50. The van der Waals surface area contributed by atoms with E-state index in [2.05, 4.69) is 42.8 Å². The first-order chi connectivity index (χ1) is 23.4. The number of urea groups is 1. The van der Waals surface area contributed by atoms with Gasteiger partial charge in [-0.1, -0.05) is 6.92 Å². The fourth-order valence-electron chi connectivity index (χ4n) is 6.40. The first kappa shape index (κ1) is 33.2. The van der Waals surface area contributed by atoms with Gasteiger partial charge in [0.2, 0.25) is 5.91 Å². The number of hydrogen-bond acceptors (Lipinski definition) is 10. The molecule has 0 spiro atoms. The number of piperidine rings is 1. The largest absolute Gasteiger partial charge is 0.491 e. The van der Waals surface area contributed by atoms with Crippen LogP contribution in [0.25, 0.3) is 0 Å². The van der Waals surface area contributed by atoms with Gasteiger partial charge in [-0.2, -0.15) is 15.0 Å². The standard InChI is InChI=1S/C34H45N9O5/c1-3-25(2)39-33(45)42(24-35)29-6-4-27(5-7-29)40-16-18-41(19-17-40)28-8-10-30(11-9-28)46-21-31-22-47-34(48-31,23-43-37-14-15-38-43)26-12-13-36-32(44)20-26/h4-11,14-15,24-26,31,35H,3,12-13,16-23H2,1-2H3,(H,36,44)(H,39,45). The van der Waals surface area contributed by atoms with E-state index >= 15 is 0 Å². The fraction of sp³-hybridized carbons (Fsp3) is 0.500. The molecule has 3 saturated heterocycles. The lowest BCUT2D eigenvalue weighted by molar-refractivity contribution is -0.223. The van der Waals surface area contributed by atoms with Crippen LogP contribution in [0.15, 0.2) is 60.9 Å². The highest BCUT2D eigenvalue weighted by molar-refractivity contribution is 6.06. The van der Waals surface area contributed by atoms with E-state index in [1.54, 1.807) is 17.2 Å². The first-order valence-electron chi connectivity index (χ1n) is 16.7. The second-order valence-electron chi connectivity index (χ2n) is 12.5. The van der Waals surface area contributed by atoms with E-state index in [0.29, 0.717) is 38.4 Å². The summed E-state index contributed by atoms with van der Waals surface area (Å²) in [6, 6.07) is 15.6. The minimum absolute atomic E-state index is 0.00253. The number of carbonyl (C=O) groups excluding carboxylic acids is 2. The number of piperazine rings is 1. The average molecular weight is 660 g/mol. The lowest BCUT2D eigenvalue weighted by Gasteiger charge is -2.37. The van der Waals surface area contributed by atoms with Crippen LogP contribution >= 0.6 is 0 Å². The topological polar surface area (TPSA) is 150 Å². The first-order valence-corrected chi connectivity index (χ1v) is 16.7. The van der Waals surface area contributed by atoms with Crippen LogP contribution in [0.2, 0.25) is 0 Å². The van der Waals surface area contributed by atoms with Gasteiger partial charge >= 0.3 is 6.03 Å². The Labute approximate surface area is 280 Å². The summed E-state index contributed by atoms with van der Waals surface area (Å²) < 4.78 is 18.9. The molecule has 0 bridgehead atoms. The van der Waals surface area contributed by atoms with Crippen molar-refractivity contribution in [3.05, 3.63) is 60.9 Å². The van der Waals surface area contributed by atoms with E-state index < -0.39 is 5.79 Å². The number of anilines is 3. The number of rotatable bonds is 12. The van der Waals surface area contributed by atoms with Crippen LogP contribution in [0, 0.1) is 11.3 Å². The lowest BCUT2D eigenvalue weighted by Crippen LogP contribution is -2.50. The van der Waals surface area contributed by atoms with E-state index in [4.69, 9.17) is 19.6 Å². The zero-order valence-corrected chi connectivity index (χ0v) is 27.6. The molecule has 256 valence electrons. The molecule has 1 aromatic heterocycles. The van der Waals surface area contributed by atoms with Crippen molar-refractivity contribution in [1.29, 1.82) is 5.41 Å². The molecule has 0 saturated carbocycles. The molecule has 4 unspecified atom stereocenters. The number of aromatic nitrogens is 3. The van der Waals surface area contributed by atoms with Crippen molar-refractivity contribution in [3.8, 4) is 5.75 Å². The summed E-state index contributed by atoms with van der Waals surface area (Å²) in [5.41, 5.74) is 2.88. The molecule has 6 rings (SSSR count). The zero-order valence-electron chi connectivity index (χ0n) is 27.6. The molecule has 3 aliphatic rings. The average Bonchev–Trinajstić information content (AvgIpc) is 3.79. The molecule has 3 fully saturated rings. The molecule has 14 nitrogen and oxygen atoms in total. The number of hydrogen-bond donors (Lipinski definition) is 3. The van der Waals surface area contributed by atoms with Gasteiger partial charge in [-0.05, 0) is 68.3 Å². The molecule has 3 aromatic rings. The molecule has 14 heteroatoms. The normalized spacial score (nSPS) is 23.3. The molecule has 48 heavy (non-hydrogen) atoms. The molecule has 3 N–H and O–H groups in total. The van der Waals surface area contributed by atoms with Crippen LogP contribution in [0.3, 0.4) is 0 Å². The molecular formula is C34H45N9O5. The van der Waals surface area contributed by atoms with Gasteiger partial charge in [0.15, 0.2) is 5.79 Å². The van der Waals surface area contributed by atoms with Crippen LogP contribution in [0.4, 0.5) is 21.9 Å². The van der Waals surface area contributed by atoms with E-state index in [1.807, 2.05) is 50.2 Å². The summed E-state index contributed by atoms with van der Waals surface area (Å²) in [7, 11) is 0. The van der Waals surface area contributed by atoms with Crippen LogP contribution in [0.1, 0.15) is 33.1 Å². The van der Waals surface area contributed by atoms with Gasteiger partial charge in [0.05, 0.1) is 31.0 Å². The van der Waals surface area contributed by atoms with Gasteiger partial charge in [-0.25, -0.2) is 4.79 Å². The molecule has 3 amide bonds. The smallest absolute Gasteiger partial charge is 0.327 e. The third-order valence-corrected chi connectivity index (χ3v) is 9.32. The number of nitrogens with one attached hydrogen (secondary N) is 3. The van der Waals surface area contributed by atoms with E-state index in [0.717, 1.165) is 62.5 Å². The van der Waals surface area contributed by atoms with E-state index in [9.17, 15) is 9.59 Å². The Balaban J connectivity index is 0.986. The number of amides is 3. The quantitative estimate of drug-likeness (QED) is 0.197. The van der Waals surface area contributed by atoms with Gasteiger partial charge in [-0.3, -0.25) is 15.1 Å². The summed E-state index contributed by atoms with van der Waals surface area (Å²) in [5.74, 6) is -0.339. The van der Waals surface area contributed by atoms with E-state index in [1.165, 1.54) is 4.90 Å². The highest BCUT2D eigenvalue weighted by atomic mass is 16.8. The van der Waals surface area contributed by atoms with Crippen molar-refractivity contribution >= 4 is 35.3 Å². The highest BCUT2D eigenvalue weighted by Crippen LogP contribution is 2.38. The molecule has 3 aliphatic heterocycles. The second-order valence-corrected chi connectivity index (χ2v) is 12.5. The minimum atomic E-state index is -0.983. The van der Waals surface area contributed by atoms with Crippen molar-refractivity contribution in [2.75, 3.05) is 60.6 Å². The second kappa shape index (κ2) is 15.0. The van der Waals surface area contributed by atoms with E-state index in [-0.39, 0.29) is 30.0 Å². The van der Waals surface area contributed by atoms with Crippen molar-refractivity contribution in [2.45, 2.75) is 57.6 Å². The summed E-state index contributed by atoms with van der Waals surface area (Å²) in [6.07, 6.45) is 5.90. The molecule has 0 aliphatic carbocycles. The third-order valence-electron chi connectivity index (χ3n) is 9.32. The summed E-state index contributed by atoms with van der Waals surface area (Å²) in [6.45, 7) is 8.99. The van der Waals surface area contributed by atoms with Crippen molar-refractivity contribution in [3.63, 3.8) is 0 Å². The van der Waals surface area contributed by atoms with Crippen LogP contribution in [-0.2, 0) is 20.8 Å². The Morgan fingerprint density at radius 2 is 1.75 bits per heavy atom. The number of carbonyl (C=O) groups is 2. The molecule has 4 atom stereocenters. The predicted octanol–water partition coefficient (Wildman–Crippen LogP) is 3.24. The summed E-state index contributed by atoms with van der Waals surface area (Å²) in [5, 5.41) is 22.0. The van der Waals surface area contributed by atoms with Gasteiger partial charge in [0, 0.05) is 62.5 Å². The van der Waals surface area contributed by atoms with Crippen molar-refractivity contribution < 1.29 is 23.8 Å². The third kappa shape index (κ3) is 7.71. The monoisotopic (exact) mass is 659 g/mol. The minimum Gasteiger partial charge on any atom is -0.491 e. The Bertz CT molecular complexity index is 1510. The van der Waals surface area contributed by atoms with Gasteiger partial charge in [-0.15, -0.1) is 0 Å². The number of benzene rings is 2. The molecule has 4 heterocycles. The van der Waals surface area contributed by atoms with Crippen LogP contribution in [0.5, 0.6) is 5.75 Å². The summed E-state index contributed by atoms with van der Waals surface area (Å²) >= 11 is 0.